The molecular formula is C24H16N. The van der Waals surface area contributed by atoms with Gasteiger partial charge >= 0.3 is 0 Å². The predicted octanol–water partition coefficient (Wildman–Crippen LogP) is 6.25. The van der Waals surface area contributed by atoms with Crippen molar-refractivity contribution in [1.82, 2.24) is 4.57 Å². The summed E-state index contributed by atoms with van der Waals surface area (Å²) in [6.07, 6.45) is 0. The highest BCUT2D eigenvalue weighted by molar-refractivity contribution is 6.13. The minimum Gasteiger partial charge on any atom is -0.309 e. The maximum Gasteiger partial charge on any atom is 0.0619 e. The second kappa shape index (κ2) is 5.64. The summed E-state index contributed by atoms with van der Waals surface area (Å²) in [6.45, 7) is 0. The molecule has 0 aliphatic rings. The van der Waals surface area contributed by atoms with Crippen molar-refractivity contribution < 1.29 is 0 Å². The lowest BCUT2D eigenvalue weighted by atomic mass is 10.0. The zero-order chi connectivity index (χ0) is 16.6. The van der Waals surface area contributed by atoms with Gasteiger partial charge in [-0.2, -0.15) is 0 Å². The lowest BCUT2D eigenvalue weighted by molar-refractivity contribution is 1.18. The van der Waals surface area contributed by atoms with Crippen LogP contribution >= 0.6 is 0 Å². The molecule has 0 fully saturated rings. The molecule has 5 rings (SSSR count). The van der Waals surface area contributed by atoms with Gasteiger partial charge in [-0.1, -0.05) is 72.8 Å². The van der Waals surface area contributed by atoms with E-state index in [0.29, 0.717) is 0 Å². The van der Waals surface area contributed by atoms with Crippen LogP contribution in [0.4, 0.5) is 0 Å². The van der Waals surface area contributed by atoms with Crippen LogP contribution in [0.25, 0.3) is 38.6 Å². The molecule has 0 spiro atoms. The van der Waals surface area contributed by atoms with Crippen molar-refractivity contribution >= 4 is 21.8 Å². The average molecular weight is 318 g/mol. The van der Waals surface area contributed by atoms with Crippen LogP contribution in [0.3, 0.4) is 0 Å². The first-order valence-electron chi connectivity index (χ1n) is 8.47. The summed E-state index contributed by atoms with van der Waals surface area (Å²) < 4.78 is 2.37. The molecule has 5 aromatic rings. The molecule has 0 saturated carbocycles. The molecule has 4 aromatic carbocycles. The van der Waals surface area contributed by atoms with Gasteiger partial charge in [0.2, 0.25) is 0 Å². The summed E-state index contributed by atoms with van der Waals surface area (Å²) in [4.78, 5) is 0. The molecular weight excluding hydrogens is 302 g/mol. The number of fused-ring (bicyclic) bond motifs is 3. The van der Waals surface area contributed by atoms with Crippen molar-refractivity contribution in [2.45, 2.75) is 0 Å². The van der Waals surface area contributed by atoms with Gasteiger partial charge in [0.25, 0.3) is 0 Å². The van der Waals surface area contributed by atoms with Gasteiger partial charge in [0.05, 0.1) is 11.0 Å². The Morgan fingerprint density at radius 3 is 2.28 bits per heavy atom. The van der Waals surface area contributed by atoms with Crippen molar-refractivity contribution in [3.63, 3.8) is 0 Å². The molecule has 0 aliphatic heterocycles. The first-order valence-corrected chi connectivity index (χ1v) is 8.47. The minimum atomic E-state index is 1.18. The third kappa shape index (κ3) is 2.17. The molecule has 1 aromatic heterocycles. The van der Waals surface area contributed by atoms with Crippen molar-refractivity contribution in [3.05, 3.63) is 103 Å². The fourth-order valence-electron chi connectivity index (χ4n) is 3.66. The van der Waals surface area contributed by atoms with Crippen LogP contribution in [0.1, 0.15) is 0 Å². The van der Waals surface area contributed by atoms with Crippen LogP contribution in [-0.4, -0.2) is 4.57 Å². The second-order valence-electron chi connectivity index (χ2n) is 6.18. The van der Waals surface area contributed by atoms with E-state index in [4.69, 9.17) is 0 Å². The Balaban J connectivity index is 1.99. The minimum absolute atomic E-state index is 1.18. The number of hydrogen-bond acceptors (Lipinski definition) is 0. The van der Waals surface area contributed by atoms with E-state index >= 15 is 0 Å². The summed E-state index contributed by atoms with van der Waals surface area (Å²) in [6, 6.07) is 37.2. The van der Waals surface area contributed by atoms with E-state index in [1.54, 1.807) is 0 Å². The lowest BCUT2D eigenvalue weighted by Crippen LogP contribution is -1.94. The molecule has 0 atom stereocenters. The summed E-state index contributed by atoms with van der Waals surface area (Å²) in [7, 11) is 0. The maximum atomic E-state index is 3.21. The molecule has 1 nitrogen and oxygen atoms in total. The summed E-state index contributed by atoms with van der Waals surface area (Å²) in [5.74, 6) is 0. The molecule has 0 aliphatic carbocycles. The maximum absolute atomic E-state index is 3.21. The molecule has 0 bridgehead atoms. The highest BCUT2D eigenvalue weighted by Gasteiger charge is 2.15. The Morgan fingerprint density at radius 2 is 1.44 bits per heavy atom. The van der Waals surface area contributed by atoms with Gasteiger partial charge in [0.15, 0.2) is 0 Å². The smallest absolute Gasteiger partial charge is 0.0619 e. The third-order valence-corrected chi connectivity index (χ3v) is 4.73. The third-order valence-electron chi connectivity index (χ3n) is 4.73. The van der Waals surface area contributed by atoms with Crippen LogP contribution in [0, 0.1) is 6.07 Å². The monoisotopic (exact) mass is 318 g/mol. The first kappa shape index (κ1) is 14.1. The molecule has 25 heavy (non-hydrogen) atoms. The Kier molecular flexibility index (Phi) is 3.17. The molecule has 1 heterocycles. The average Bonchev–Trinajstić information content (AvgIpc) is 3.04. The van der Waals surface area contributed by atoms with Crippen molar-refractivity contribution in [2.75, 3.05) is 0 Å². The Morgan fingerprint density at radius 1 is 0.640 bits per heavy atom. The first-order chi connectivity index (χ1) is 12.4. The van der Waals surface area contributed by atoms with Crippen LogP contribution in [0.2, 0.25) is 0 Å². The quantitative estimate of drug-likeness (QED) is 0.362. The van der Waals surface area contributed by atoms with Gasteiger partial charge in [-0.3, -0.25) is 0 Å². The molecule has 1 heteroatoms. The molecule has 0 unspecified atom stereocenters. The zero-order valence-electron chi connectivity index (χ0n) is 13.7. The van der Waals surface area contributed by atoms with E-state index in [1.165, 1.54) is 38.6 Å². The number of hydrogen-bond donors (Lipinski definition) is 0. The lowest BCUT2D eigenvalue weighted by Gasteiger charge is -2.11. The van der Waals surface area contributed by atoms with Crippen LogP contribution in [-0.2, 0) is 0 Å². The molecule has 1 radical (unpaired) electrons. The van der Waals surface area contributed by atoms with Crippen LogP contribution in [0.5, 0.6) is 0 Å². The molecule has 0 amide bonds. The SMILES string of the molecule is [c]1cccc(-c2cccc3c4ccccc4n(-c4ccccc4)c23)c1. The molecule has 117 valence electrons. The number of aromatic nitrogens is 1. The Hall–Kier alpha value is -3.32. The molecule has 0 N–H and O–H groups in total. The van der Waals surface area contributed by atoms with E-state index in [0.717, 1.165) is 0 Å². The fraction of sp³-hybridized carbons (Fsp3) is 0. The van der Waals surface area contributed by atoms with Crippen LogP contribution < -0.4 is 0 Å². The van der Waals surface area contributed by atoms with Gasteiger partial charge in [0, 0.05) is 22.0 Å². The number of para-hydroxylation sites is 3. The van der Waals surface area contributed by atoms with E-state index in [2.05, 4.69) is 95.6 Å². The number of benzene rings is 4. The standard InChI is InChI=1S/C24H16N/c1-3-10-18(11-4-1)20-15-9-16-22-21-14-7-8-17-23(21)25(24(20)22)19-12-5-2-6-13-19/h1-3,5-17H. The topological polar surface area (TPSA) is 4.93 Å². The highest BCUT2D eigenvalue weighted by Crippen LogP contribution is 2.37. The van der Waals surface area contributed by atoms with Crippen molar-refractivity contribution in [2.24, 2.45) is 0 Å². The van der Waals surface area contributed by atoms with Gasteiger partial charge in [-0.15, -0.1) is 0 Å². The van der Waals surface area contributed by atoms with E-state index in [-0.39, 0.29) is 0 Å². The fourth-order valence-corrected chi connectivity index (χ4v) is 3.66. The van der Waals surface area contributed by atoms with E-state index in [1.807, 2.05) is 12.1 Å². The van der Waals surface area contributed by atoms with Gasteiger partial charge in [-0.05, 0) is 35.9 Å². The van der Waals surface area contributed by atoms with Gasteiger partial charge in [0.1, 0.15) is 0 Å². The Labute approximate surface area is 146 Å². The highest BCUT2D eigenvalue weighted by atomic mass is 15.0. The normalized spacial score (nSPS) is 11.2. The second-order valence-corrected chi connectivity index (χ2v) is 6.18. The number of nitrogens with zero attached hydrogens (tertiary/aromatic N) is 1. The summed E-state index contributed by atoms with van der Waals surface area (Å²) in [5, 5.41) is 2.56. The zero-order valence-corrected chi connectivity index (χ0v) is 13.7. The Bertz CT molecular complexity index is 1170. The van der Waals surface area contributed by atoms with Crippen molar-refractivity contribution in [1.29, 1.82) is 0 Å². The van der Waals surface area contributed by atoms with Gasteiger partial charge in [-0.25, -0.2) is 0 Å². The van der Waals surface area contributed by atoms with Gasteiger partial charge < -0.3 is 4.57 Å². The van der Waals surface area contributed by atoms with E-state index in [9.17, 15) is 0 Å². The van der Waals surface area contributed by atoms with E-state index < -0.39 is 0 Å². The summed E-state index contributed by atoms with van der Waals surface area (Å²) >= 11 is 0. The molecule has 0 saturated heterocycles. The summed E-state index contributed by atoms with van der Waals surface area (Å²) in [5.41, 5.74) is 6.08. The predicted molar refractivity (Wildman–Crippen MR) is 105 cm³/mol. The number of rotatable bonds is 2. The van der Waals surface area contributed by atoms with Crippen molar-refractivity contribution in [3.8, 4) is 16.8 Å². The largest absolute Gasteiger partial charge is 0.309 e. The van der Waals surface area contributed by atoms with Crippen LogP contribution in [0.15, 0.2) is 97.1 Å².